The second-order valence-corrected chi connectivity index (χ2v) is 7.88. The Hall–Kier alpha value is -3.40. The summed E-state index contributed by atoms with van der Waals surface area (Å²) in [7, 11) is 0. The van der Waals surface area contributed by atoms with Crippen LogP contribution in [0, 0.1) is 6.92 Å². The summed E-state index contributed by atoms with van der Waals surface area (Å²) in [4.78, 5) is 31.5. The lowest BCUT2D eigenvalue weighted by Crippen LogP contribution is -2.45. The van der Waals surface area contributed by atoms with Gasteiger partial charge in [-0.3, -0.25) is 0 Å². The SMILES string of the molecule is Cc1nccc(N2CCc3c(nc(-c4cnc(N)nc4)nc3N3CCOCC3C)C2)n1. The molecule has 31 heavy (non-hydrogen) atoms. The van der Waals surface area contributed by atoms with E-state index in [0.29, 0.717) is 25.6 Å². The number of nitrogens with zero attached hydrogens (tertiary/aromatic N) is 8. The van der Waals surface area contributed by atoms with Crippen molar-refractivity contribution in [2.45, 2.75) is 32.9 Å². The van der Waals surface area contributed by atoms with Crippen molar-refractivity contribution in [3.63, 3.8) is 0 Å². The molecule has 10 heteroatoms. The molecule has 1 atom stereocenters. The Kier molecular flexibility index (Phi) is 5.06. The van der Waals surface area contributed by atoms with E-state index >= 15 is 0 Å². The molecule has 2 aliphatic rings. The molecule has 0 saturated carbocycles. The smallest absolute Gasteiger partial charge is 0.219 e. The number of aryl methyl sites for hydroxylation is 1. The van der Waals surface area contributed by atoms with Crippen LogP contribution in [0.5, 0.6) is 0 Å². The highest BCUT2D eigenvalue weighted by Crippen LogP contribution is 2.32. The molecule has 0 amide bonds. The third kappa shape index (κ3) is 3.86. The largest absolute Gasteiger partial charge is 0.377 e. The van der Waals surface area contributed by atoms with E-state index in [0.717, 1.165) is 48.2 Å². The molecule has 5 heterocycles. The number of ether oxygens (including phenoxy) is 1. The minimum Gasteiger partial charge on any atom is -0.377 e. The third-order valence-corrected chi connectivity index (χ3v) is 5.70. The second-order valence-electron chi connectivity index (χ2n) is 7.88. The van der Waals surface area contributed by atoms with Gasteiger partial charge >= 0.3 is 0 Å². The quantitative estimate of drug-likeness (QED) is 0.667. The minimum atomic E-state index is 0.231. The average Bonchev–Trinajstić information content (AvgIpc) is 2.79. The van der Waals surface area contributed by atoms with E-state index in [1.54, 1.807) is 18.6 Å². The molecule has 10 nitrogen and oxygen atoms in total. The van der Waals surface area contributed by atoms with E-state index in [2.05, 4.69) is 36.7 Å². The van der Waals surface area contributed by atoms with Crippen LogP contribution in [0.15, 0.2) is 24.7 Å². The van der Waals surface area contributed by atoms with Crippen molar-refractivity contribution in [2.75, 3.05) is 41.8 Å². The third-order valence-electron chi connectivity index (χ3n) is 5.70. The van der Waals surface area contributed by atoms with Crippen LogP contribution in [0.4, 0.5) is 17.6 Å². The van der Waals surface area contributed by atoms with Crippen LogP contribution in [0.25, 0.3) is 11.4 Å². The Bertz CT molecular complexity index is 1090. The Balaban J connectivity index is 1.58. The molecule has 3 aromatic heterocycles. The first-order valence-corrected chi connectivity index (χ1v) is 10.4. The van der Waals surface area contributed by atoms with Crippen LogP contribution in [-0.2, 0) is 17.7 Å². The lowest BCUT2D eigenvalue weighted by atomic mass is 10.0. The Morgan fingerprint density at radius 3 is 2.71 bits per heavy atom. The summed E-state index contributed by atoms with van der Waals surface area (Å²) < 4.78 is 5.65. The van der Waals surface area contributed by atoms with Crippen molar-refractivity contribution < 1.29 is 4.74 Å². The molecule has 0 aliphatic carbocycles. The predicted molar refractivity (Wildman–Crippen MR) is 117 cm³/mol. The maximum absolute atomic E-state index is 5.67. The molecule has 0 bridgehead atoms. The van der Waals surface area contributed by atoms with Crippen molar-refractivity contribution in [1.82, 2.24) is 29.9 Å². The highest BCUT2D eigenvalue weighted by molar-refractivity contribution is 5.61. The van der Waals surface area contributed by atoms with Crippen LogP contribution in [0.1, 0.15) is 24.0 Å². The van der Waals surface area contributed by atoms with Gasteiger partial charge in [0.25, 0.3) is 0 Å². The molecule has 0 radical (unpaired) electrons. The van der Waals surface area contributed by atoms with E-state index in [-0.39, 0.29) is 12.0 Å². The van der Waals surface area contributed by atoms with Gasteiger partial charge in [-0.05, 0) is 26.3 Å². The number of hydrogen-bond donors (Lipinski definition) is 1. The number of aromatic nitrogens is 6. The van der Waals surface area contributed by atoms with Gasteiger partial charge in [-0.1, -0.05) is 0 Å². The highest BCUT2D eigenvalue weighted by atomic mass is 16.5. The Morgan fingerprint density at radius 1 is 1.10 bits per heavy atom. The zero-order valence-corrected chi connectivity index (χ0v) is 17.7. The molecule has 2 N–H and O–H groups in total. The molecule has 1 fully saturated rings. The fraction of sp³-hybridized carbons (Fsp3) is 0.429. The first kappa shape index (κ1) is 19.6. The monoisotopic (exact) mass is 419 g/mol. The lowest BCUT2D eigenvalue weighted by Gasteiger charge is -2.38. The summed E-state index contributed by atoms with van der Waals surface area (Å²) in [5.41, 5.74) is 8.60. The van der Waals surface area contributed by atoms with Crippen LogP contribution in [-0.4, -0.2) is 62.2 Å². The maximum atomic E-state index is 5.67. The van der Waals surface area contributed by atoms with Gasteiger partial charge in [0.15, 0.2) is 5.82 Å². The number of hydrogen-bond acceptors (Lipinski definition) is 10. The van der Waals surface area contributed by atoms with Crippen LogP contribution < -0.4 is 15.5 Å². The molecule has 3 aromatic rings. The van der Waals surface area contributed by atoms with Crippen molar-refractivity contribution in [2.24, 2.45) is 0 Å². The Labute approximate surface area is 180 Å². The summed E-state index contributed by atoms with van der Waals surface area (Å²) in [6, 6.07) is 2.18. The zero-order chi connectivity index (χ0) is 21.4. The second kappa shape index (κ2) is 8.03. The summed E-state index contributed by atoms with van der Waals surface area (Å²) in [5, 5.41) is 0. The summed E-state index contributed by atoms with van der Waals surface area (Å²) in [6.45, 7) is 7.75. The minimum absolute atomic E-state index is 0.231. The van der Waals surface area contributed by atoms with Gasteiger partial charge in [0, 0.05) is 37.2 Å². The van der Waals surface area contributed by atoms with E-state index in [4.69, 9.17) is 20.4 Å². The number of fused-ring (bicyclic) bond motifs is 1. The van der Waals surface area contributed by atoms with Gasteiger partial charge < -0.3 is 20.3 Å². The van der Waals surface area contributed by atoms with Crippen LogP contribution in [0.3, 0.4) is 0 Å². The van der Waals surface area contributed by atoms with E-state index < -0.39 is 0 Å². The molecular formula is C21H25N9O. The van der Waals surface area contributed by atoms with Gasteiger partial charge in [0.05, 0.1) is 37.1 Å². The number of rotatable bonds is 3. The van der Waals surface area contributed by atoms with Gasteiger partial charge in [-0.2, -0.15) is 0 Å². The zero-order valence-electron chi connectivity index (χ0n) is 17.7. The molecule has 160 valence electrons. The topological polar surface area (TPSA) is 119 Å². The molecule has 5 rings (SSSR count). The molecular weight excluding hydrogens is 394 g/mol. The molecule has 2 aliphatic heterocycles. The number of anilines is 3. The van der Waals surface area contributed by atoms with Gasteiger partial charge in [-0.15, -0.1) is 0 Å². The molecule has 0 aromatic carbocycles. The normalized spacial score (nSPS) is 18.7. The van der Waals surface area contributed by atoms with Crippen molar-refractivity contribution in [3.8, 4) is 11.4 Å². The molecule has 1 saturated heterocycles. The average molecular weight is 419 g/mol. The number of nitrogen functional groups attached to an aromatic ring is 1. The summed E-state index contributed by atoms with van der Waals surface area (Å²) >= 11 is 0. The van der Waals surface area contributed by atoms with Gasteiger partial charge in [-0.25, -0.2) is 29.9 Å². The van der Waals surface area contributed by atoms with Crippen molar-refractivity contribution in [3.05, 3.63) is 41.7 Å². The standard InChI is InChI=1S/C21H25N9O/c1-13-12-31-8-7-30(13)20-16-4-6-29(18-3-5-23-14(2)26-18)11-17(16)27-19(28-20)15-9-24-21(22)25-10-15/h3,5,9-10,13H,4,6-8,11-12H2,1-2H3,(H2,22,24,25). The van der Waals surface area contributed by atoms with Crippen LogP contribution >= 0.6 is 0 Å². The molecule has 0 spiro atoms. The first-order valence-electron chi connectivity index (χ1n) is 10.4. The van der Waals surface area contributed by atoms with E-state index in [1.807, 2.05) is 13.0 Å². The van der Waals surface area contributed by atoms with E-state index in [1.165, 1.54) is 5.56 Å². The fourth-order valence-electron chi connectivity index (χ4n) is 4.09. The Morgan fingerprint density at radius 2 is 1.94 bits per heavy atom. The fourth-order valence-corrected chi connectivity index (χ4v) is 4.09. The first-order chi connectivity index (χ1) is 15.1. The highest BCUT2D eigenvalue weighted by Gasteiger charge is 2.29. The lowest BCUT2D eigenvalue weighted by molar-refractivity contribution is 0.0984. The van der Waals surface area contributed by atoms with Crippen LogP contribution in [0.2, 0.25) is 0 Å². The maximum Gasteiger partial charge on any atom is 0.219 e. The summed E-state index contributed by atoms with van der Waals surface area (Å²) in [6.07, 6.45) is 5.98. The van der Waals surface area contributed by atoms with Crippen molar-refractivity contribution >= 4 is 17.6 Å². The predicted octanol–water partition coefficient (Wildman–Crippen LogP) is 1.40. The van der Waals surface area contributed by atoms with E-state index in [9.17, 15) is 0 Å². The van der Waals surface area contributed by atoms with Gasteiger partial charge in [0.1, 0.15) is 17.5 Å². The van der Waals surface area contributed by atoms with Gasteiger partial charge in [0.2, 0.25) is 5.95 Å². The van der Waals surface area contributed by atoms with Crippen molar-refractivity contribution in [1.29, 1.82) is 0 Å². The number of morpholine rings is 1. The molecule has 1 unspecified atom stereocenters. The number of nitrogens with two attached hydrogens (primary N) is 1. The summed E-state index contributed by atoms with van der Waals surface area (Å²) in [5.74, 6) is 3.48.